The fourth-order valence-corrected chi connectivity index (χ4v) is 2.86. The summed E-state index contributed by atoms with van der Waals surface area (Å²) in [5.74, 6) is 0.161. The van der Waals surface area contributed by atoms with Crippen molar-refractivity contribution in [2.45, 2.75) is 25.4 Å². The summed E-state index contributed by atoms with van der Waals surface area (Å²) in [6.07, 6.45) is -3.71. The van der Waals surface area contributed by atoms with Crippen molar-refractivity contribution >= 4 is 15.9 Å². The van der Waals surface area contributed by atoms with E-state index in [0.29, 0.717) is 17.3 Å². The van der Waals surface area contributed by atoms with Gasteiger partial charge in [0, 0.05) is 5.33 Å². The van der Waals surface area contributed by atoms with Crippen LogP contribution >= 0.6 is 15.9 Å². The van der Waals surface area contributed by atoms with E-state index in [1.165, 1.54) is 17.7 Å². The van der Waals surface area contributed by atoms with Gasteiger partial charge in [-0.2, -0.15) is 13.2 Å². The number of halogens is 4. The summed E-state index contributed by atoms with van der Waals surface area (Å²) in [5, 5.41) is 0.715. The van der Waals surface area contributed by atoms with Gasteiger partial charge in [0.05, 0.1) is 5.56 Å². The summed E-state index contributed by atoms with van der Waals surface area (Å²) in [4.78, 5) is 0. The minimum absolute atomic E-state index is 0.161. The maximum absolute atomic E-state index is 12.7. The van der Waals surface area contributed by atoms with E-state index in [1.54, 1.807) is 6.07 Å². The lowest BCUT2D eigenvalue weighted by Crippen LogP contribution is -2.08. The Morgan fingerprint density at radius 3 is 2.29 bits per heavy atom. The average molecular weight is 357 g/mol. The molecule has 0 fully saturated rings. The summed E-state index contributed by atoms with van der Waals surface area (Å²) >= 11 is 3.46. The first-order valence-electron chi connectivity index (χ1n) is 6.69. The van der Waals surface area contributed by atoms with Gasteiger partial charge in [-0.05, 0) is 36.5 Å². The molecule has 0 bridgehead atoms. The second-order valence-corrected chi connectivity index (χ2v) is 5.81. The van der Waals surface area contributed by atoms with Crippen LogP contribution in [0, 0.1) is 6.92 Å². The smallest absolute Gasteiger partial charge is 0.166 e. The predicted molar refractivity (Wildman–Crippen MR) is 82.9 cm³/mol. The summed E-state index contributed by atoms with van der Waals surface area (Å²) in [6, 6.07) is 13.7. The molecule has 0 aliphatic carbocycles. The Bertz CT molecular complexity index is 588. The van der Waals surface area contributed by atoms with Crippen LogP contribution in [0.4, 0.5) is 13.2 Å². The van der Waals surface area contributed by atoms with Crippen LogP contribution in [0.5, 0.6) is 0 Å². The first-order valence-corrected chi connectivity index (χ1v) is 7.81. The molecule has 1 atom stereocenters. The van der Waals surface area contributed by atoms with Gasteiger partial charge in [-0.3, -0.25) is 0 Å². The van der Waals surface area contributed by atoms with Crippen LogP contribution in [0.1, 0.15) is 28.2 Å². The van der Waals surface area contributed by atoms with E-state index in [1.807, 2.05) is 31.2 Å². The molecule has 1 unspecified atom stereocenters. The fraction of sp³-hybridized carbons (Fsp3) is 0.294. The summed E-state index contributed by atoms with van der Waals surface area (Å²) < 4.78 is 38.2. The van der Waals surface area contributed by atoms with E-state index in [2.05, 4.69) is 15.9 Å². The van der Waals surface area contributed by atoms with Crippen molar-refractivity contribution in [1.82, 2.24) is 0 Å². The highest BCUT2D eigenvalue weighted by Crippen LogP contribution is 2.31. The minimum Gasteiger partial charge on any atom is -0.166 e. The van der Waals surface area contributed by atoms with E-state index in [9.17, 15) is 13.2 Å². The van der Waals surface area contributed by atoms with E-state index in [-0.39, 0.29) is 5.92 Å². The van der Waals surface area contributed by atoms with E-state index in [0.717, 1.165) is 11.6 Å². The van der Waals surface area contributed by atoms with Gasteiger partial charge in [-0.15, -0.1) is 0 Å². The van der Waals surface area contributed by atoms with Gasteiger partial charge in [0.1, 0.15) is 0 Å². The molecule has 0 nitrogen and oxygen atoms in total. The molecule has 0 saturated heterocycles. The van der Waals surface area contributed by atoms with Gasteiger partial charge in [0.25, 0.3) is 0 Å². The van der Waals surface area contributed by atoms with Crippen molar-refractivity contribution in [3.63, 3.8) is 0 Å². The number of hydrogen-bond donors (Lipinski definition) is 0. The normalized spacial score (nSPS) is 13.2. The van der Waals surface area contributed by atoms with Gasteiger partial charge in [-0.1, -0.05) is 64.0 Å². The number of rotatable bonds is 4. The summed E-state index contributed by atoms with van der Waals surface area (Å²) in [5.41, 5.74) is 2.42. The van der Waals surface area contributed by atoms with Crippen molar-refractivity contribution in [3.05, 3.63) is 70.8 Å². The van der Waals surface area contributed by atoms with Crippen LogP contribution in [0.3, 0.4) is 0 Å². The number of alkyl halides is 4. The third-order valence-electron chi connectivity index (χ3n) is 3.47. The lowest BCUT2D eigenvalue weighted by molar-refractivity contribution is -0.137. The lowest BCUT2D eigenvalue weighted by Gasteiger charge is -2.16. The quantitative estimate of drug-likeness (QED) is 0.613. The highest BCUT2D eigenvalue weighted by atomic mass is 79.9. The zero-order valence-corrected chi connectivity index (χ0v) is 13.2. The summed E-state index contributed by atoms with van der Waals surface area (Å²) in [7, 11) is 0. The Labute approximate surface area is 131 Å². The van der Waals surface area contributed by atoms with E-state index < -0.39 is 11.7 Å². The molecule has 0 heterocycles. The molecule has 0 radical (unpaired) electrons. The zero-order chi connectivity index (χ0) is 15.5. The Balaban J connectivity index is 2.21. The third kappa shape index (κ3) is 4.34. The number of aryl methyl sites for hydroxylation is 1. The molecule has 0 N–H and O–H groups in total. The van der Waals surface area contributed by atoms with Crippen LogP contribution in [0.25, 0.3) is 0 Å². The van der Waals surface area contributed by atoms with Crippen molar-refractivity contribution in [3.8, 4) is 0 Å². The Hall–Kier alpha value is -1.29. The molecule has 2 rings (SSSR count). The van der Waals surface area contributed by atoms with Crippen molar-refractivity contribution in [1.29, 1.82) is 0 Å². The van der Waals surface area contributed by atoms with Gasteiger partial charge < -0.3 is 0 Å². The standard InChI is InChI=1S/C17H16BrF3/c1-12-5-7-14(8-6-12)15(11-18)9-13-3-2-4-16(10-13)17(19,20)21/h2-8,10,15H,9,11H2,1H3. The monoisotopic (exact) mass is 356 g/mol. The van der Waals surface area contributed by atoms with Crippen LogP contribution < -0.4 is 0 Å². The Morgan fingerprint density at radius 1 is 1.05 bits per heavy atom. The molecule has 0 spiro atoms. The Kier molecular flexibility index (Phi) is 5.09. The van der Waals surface area contributed by atoms with Crippen LogP contribution in [0.2, 0.25) is 0 Å². The molecule has 21 heavy (non-hydrogen) atoms. The molecular formula is C17H16BrF3. The molecule has 0 aliphatic heterocycles. The third-order valence-corrected chi connectivity index (χ3v) is 4.25. The molecule has 112 valence electrons. The largest absolute Gasteiger partial charge is 0.416 e. The summed E-state index contributed by atoms with van der Waals surface area (Å²) in [6.45, 7) is 2.01. The fourth-order valence-electron chi connectivity index (χ4n) is 2.26. The average Bonchev–Trinajstić information content (AvgIpc) is 2.45. The van der Waals surface area contributed by atoms with Crippen molar-refractivity contribution in [2.75, 3.05) is 5.33 Å². The van der Waals surface area contributed by atoms with Crippen molar-refractivity contribution < 1.29 is 13.2 Å². The van der Waals surface area contributed by atoms with Crippen LogP contribution in [0.15, 0.2) is 48.5 Å². The SMILES string of the molecule is Cc1ccc(C(CBr)Cc2cccc(C(F)(F)F)c2)cc1. The highest BCUT2D eigenvalue weighted by Gasteiger charge is 2.30. The minimum atomic E-state index is -4.29. The van der Waals surface area contributed by atoms with E-state index in [4.69, 9.17) is 0 Å². The molecule has 0 aromatic heterocycles. The predicted octanol–water partition coefficient (Wildman–Crippen LogP) is 5.74. The highest BCUT2D eigenvalue weighted by molar-refractivity contribution is 9.09. The first kappa shape index (κ1) is 16.1. The van der Waals surface area contributed by atoms with Gasteiger partial charge in [0.15, 0.2) is 0 Å². The first-order chi connectivity index (χ1) is 9.90. The van der Waals surface area contributed by atoms with E-state index >= 15 is 0 Å². The molecule has 0 saturated carbocycles. The molecular weight excluding hydrogens is 341 g/mol. The van der Waals surface area contributed by atoms with Crippen molar-refractivity contribution in [2.24, 2.45) is 0 Å². The molecule has 4 heteroatoms. The topological polar surface area (TPSA) is 0 Å². The van der Waals surface area contributed by atoms with Crippen LogP contribution in [-0.2, 0) is 12.6 Å². The maximum Gasteiger partial charge on any atom is 0.416 e. The second kappa shape index (κ2) is 6.65. The van der Waals surface area contributed by atoms with Gasteiger partial charge >= 0.3 is 6.18 Å². The second-order valence-electron chi connectivity index (χ2n) is 5.16. The molecule has 0 amide bonds. The van der Waals surface area contributed by atoms with Gasteiger partial charge in [0.2, 0.25) is 0 Å². The number of hydrogen-bond acceptors (Lipinski definition) is 0. The van der Waals surface area contributed by atoms with Gasteiger partial charge in [-0.25, -0.2) is 0 Å². The molecule has 0 aliphatic rings. The maximum atomic E-state index is 12.7. The lowest BCUT2D eigenvalue weighted by atomic mass is 9.92. The zero-order valence-electron chi connectivity index (χ0n) is 11.6. The Morgan fingerprint density at radius 2 is 1.71 bits per heavy atom. The molecule has 2 aromatic rings. The number of benzene rings is 2. The van der Waals surface area contributed by atoms with Crippen LogP contribution in [-0.4, -0.2) is 5.33 Å². The molecule has 2 aromatic carbocycles.